The first-order valence-electron chi connectivity index (χ1n) is 8.30. The molecule has 1 N–H and O–H groups in total. The third-order valence-corrected chi connectivity index (χ3v) is 6.03. The number of nitrogens with zero attached hydrogens (tertiary/aromatic N) is 5. The highest BCUT2D eigenvalue weighted by Crippen LogP contribution is 2.37. The van der Waals surface area contributed by atoms with E-state index in [-0.39, 0.29) is 21.0 Å². The molecule has 4 aromatic rings. The predicted molar refractivity (Wildman–Crippen MR) is 107 cm³/mol. The lowest BCUT2D eigenvalue weighted by Gasteiger charge is -2.03. The van der Waals surface area contributed by atoms with Crippen molar-refractivity contribution in [3.05, 3.63) is 56.8 Å². The molecule has 0 aliphatic carbocycles. The van der Waals surface area contributed by atoms with Crippen LogP contribution in [0, 0.1) is 0 Å². The molecule has 1 amide bonds. The predicted octanol–water partition coefficient (Wildman–Crippen LogP) is 4.85. The van der Waals surface area contributed by atoms with Crippen molar-refractivity contribution in [1.82, 2.24) is 24.5 Å². The van der Waals surface area contributed by atoms with Crippen molar-refractivity contribution >= 4 is 56.6 Å². The fraction of sp³-hybridized carbons (Fsp3) is 0.176. The van der Waals surface area contributed by atoms with Gasteiger partial charge in [-0.05, 0) is 23.8 Å². The smallest absolute Gasteiger partial charge is 0.288 e. The van der Waals surface area contributed by atoms with Crippen molar-refractivity contribution in [2.24, 2.45) is 7.05 Å². The van der Waals surface area contributed by atoms with Crippen LogP contribution in [-0.4, -0.2) is 30.5 Å². The molecule has 0 bridgehead atoms. The van der Waals surface area contributed by atoms with Crippen molar-refractivity contribution in [2.75, 3.05) is 5.32 Å². The summed E-state index contributed by atoms with van der Waals surface area (Å²) < 4.78 is 41.9. The molecule has 156 valence electrons. The van der Waals surface area contributed by atoms with Crippen LogP contribution < -0.4 is 5.32 Å². The van der Waals surface area contributed by atoms with Gasteiger partial charge in [-0.2, -0.15) is 18.3 Å². The number of hydrogen-bond acceptors (Lipinski definition) is 5. The monoisotopic (exact) mass is 474 g/mol. The molecule has 30 heavy (non-hydrogen) atoms. The van der Waals surface area contributed by atoms with Crippen molar-refractivity contribution in [1.29, 1.82) is 0 Å². The summed E-state index contributed by atoms with van der Waals surface area (Å²) in [6, 6.07) is 6.28. The molecular formula is C17H11Cl2F3N6OS. The Morgan fingerprint density at radius 2 is 1.97 bits per heavy atom. The molecule has 0 atom stereocenters. The van der Waals surface area contributed by atoms with Crippen LogP contribution in [0.15, 0.2) is 30.6 Å². The molecule has 0 aliphatic rings. The van der Waals surface area contributed by atoms with Gasteiger partial charge in [0.05, 0.1) is 21.5 Å². The zero-order valence-corrected chi connectivity index (χ0v) is 17.4. The normalized spacial score (nSPS) is 11.9. The number of halogens is 5. The zero-order valence-electron chi connectivity index (χ0n) is 15.0. The second-order valence-corrected chi connectivity index (χ2v) is 8.11. The van der Waals surface area contributed by atoms with E-state index < -0.39 is 17.8 Å². The SMILES string of the molecule is Cn1nc(C(F)(F)F)c2cc(C(=O)Nc3ncn(Cc4ccc(Cl)c(Cl)c4)n3)sc21. The van der Waals surface area contributed by atoms with Crippen molar-refractivity contribution in [3.8, 4) is 0 Å². The van der Waals surface area contributed by atoms with Crippen LogP contribution in [0.3, 0.4) is 0 Å². The first-order chi connectivity index (χ1) is 14.1. The van der Waals surface area contributed by atoms with E-state index >= 15 is 0 Å². The van der Waals surface area contributed by atoms with Crippen LogP contribution in [0.2, 0.25) is 10.0 Å². The van der Waals surface area contributed by atoms with Gasteiger partial charge in [0.15, 0.2) is 5.69 Å². The minimum absolute atomic E-state index is 0.0201. The summed E-state index contributed by atoms with van der Waals surface area (Å²) in [5.74, 6) is -0.594. The van der Waals surface area contributed by atoms with Crippen LogP contribution in [0.1, 0.15) is 20.9 Å². The summed E-state index contributed by atoms with van der Waals surface area (Å²) >= 11 is 12.8. The minimum atomic E-state index is -4.61. The highest BCUT2D eigenvalue weighted by molar-refractivity contribution is 7.20. The third-order valence-electron chi connectivity index (χ3n) is 4.09. The van der Waals surface area contributed by atoms with E-state index in [1.165, 1.54) is 18.1 Å². The van der Waals surface area contributed by atoms with E-state index in [4.69, 9.17) is 23.2 Å². The van der Waals surface area contributed by atoms with E-state index in [2.05, 4.69) is 20.5 Å². The van der Waals surface area contributed by atoms with Gasteiger partial charge in [-0.15, -0.1) is 16.4 Å². The first kappa shape index (κ1) is 20.6. The second kappa shape index (κ2) is 7.56. The summed E-state index contributed by atoms with van der Waals surface area (Å²) in [6.45, 7) is 0.337. The summed E-state index contributed by atoms with van der Waals surface area (Å²) in [5, 5.41) is 10.8. The number of nitrogens with one attached hydrogen (secondary N) is 1. The summed E-state index contributed by atoms with van der Waals surface area (Å²) in [4.78, 5) is 16.8. The van der Waals surface area contributed by atoms with Crippen LogP contribution in [-0.2, 0) is 19.8 Å². The first-order valence-corrected chi connectivity index (χ1v) is 9.87. The van der Waals surface area contributed by atoms with E-state index in [1.807, 2.05) is 0 Å². The Hall–Kier alpha value is -2.63. The Morgan fingerprint density at radius 1 is 1.20 bits per heavy atom. The summed E-state index contributed by atoms with van der Waals surface area (Å²) in [6.07, 6.45) is -3.20. The van der Waals surface area contributed by atoms with Crippen molar-refractivity contribution in [3.63, 3.8) is 0 Å². The van der Waals surface area contributed by atoms with Crippen LogP contribution in [0.25, 0.3) is 10.2 Å². The lowest BCUT2D eigenvalue weighted by atomic mass is 10.2. The average Bonchev–Trinajstić information content (AvgIpc) is 3.35. The Bertz CT molecular complexity index is 1260. The molecule has 0 radical (unpaired) electrons. The molecule has 0 spiro atoms. The van der Waals surface area contributed by atoms with Crippen LogP contribution >= 0.6 is 34.5 Å². The van der Waals surface area contributed by atoms with Crippen LogP contribution in [0.4, 0.5) is 19.1 Å². The molecule has 3 heterocycles. The number of thiophene rings is 1. The molecular weight excluding hydrogens is 464 g/mol. The Balaban J connectivity index is 1.51. The fourth-order valence-corrected chi connectivity index (χ4v) is 4.07. The minimum Gasteiger partial charge on any atom is -0.288 e. The maximum Gasteiger partial charge on any atom is 0.435 e. The number of rotatable bonds is 4. The Kier molecular flexibility index (Phi) is 5.20. The van der Waals surface area contributed by atoms with Crippen molar-refractivity contribution < 1.29 is 18.0 Å². The second-order valence-electron chi connectivity index (χ2n) is 6.27. The lowest BCUT2D eigenvalue weighted by molar-refractivity contribution is -0.140. The van der Waals surface area contributed by atoms with Crippen molar-refractivity contribution in [2.45, 2.75) is 12.7 Å². The number of alkyl halides is 3. The molecule has 0 saturated heterocycles. The average molecular weight is 475 g/mol. The molecule has 13 heteroatoms. The Morgan fingerprint density at radius 3 is 2.67 bits per heavy atom. The summed E-state index contributed by atoms with van der Waals surface area (Å²) in [5.41, 5.74) is -0.205. The molecule has 7 nitrogen and oxygen atoms in total. The number of aromatic nitrogens is 5. The molecule has 3 aromatic heterocycles. The van der Waals surface area contributed by atoms with Gasteiger partial charge in [-0.25, -0.2) is 9.67 Å². The lowest BCUT2D eigenvalue weighted by Crippen LogP contribution is -2.12. The number of aryl methyl sites for hydroxylation is 1. The van der Waals surface area contributed by atoms with Gasteiger partial charge in [0.25, 0.3) is 5.91 Å². The van der Waals surface area contributed by atoms with Crippen LogP contribution in [0.5, 0.6) is 0 Å². The maximum atomic E-state index is 13.1. The largest absolute Gasteiger partial charge is 0.435 e. The van der Waals surface area contributed by atoms with Gasteiger partial charge in [-0.3, -0.25) is 14.8 Å². The van der Waals surface area contributed by atoms with E-state index in [0.717, 1.165) is 27.6 Å². The Labute approximate surface area is 181 Å². The highest BCUT2D eigenvalue weighted by atomic mass is 35.5. The number of fused-ring (bicyclic) bond motifs is 1. The van der Waals surface area contributed by atoms with Gasteiger partial charge in [0.2, 0.25) is 5.95 Å². The molecule has 0 unspecified atom stereocenters. The fourth-order valence-electron chi connectivity index (χ4n) is 2.78. The molecule has 0 fully saturated rings. The number of benzene rings is 1. The topological polar surface area (TPSA) is 77.6 Å². The number of amides is 1. The quantitative estimate of drug-likeness (QED) is 0.458. The van der Waals surface area contributed by atoms with Gasteiger partial charge >= 0.3 is 6.18 Å². The van der Waals surface area contributed by atoms with Gasteiger partial charge < -0.3 is 0 Å². The number of carbonyl (C=O) groups excluding carboxylic acids is 1. The number of anilines is 1. The van der Waals surface area contributed by atoms with Gasteiger partial charge in [0, 0.05) is 12.4 Å². The zero-order chi connectivity index (χ0) is 21.6. The molecule has 1 aromatic carbocycles. The van der Waals surface area contributed by atoms with E-state index in [9.17, 15) is 18.0 Å². The molecule has 4 rings (SSSR count). The summed E-state index contributed by atoms with van der Waals surface area (Å²) in [7, 11) is 1.39. The molecule has 0 aliphatic heterocycles. The number of hydrogen-bond donors (Lipinski definition) is 1. The standard InChI is InChI=1S/C17H11Cl2F3N6OS/c1-27-15-9(13(25-27)17(20,21)22)5-12(30-15)14(29)24-16-23-7-28(26-16)6-8-2-3-10(18)11(19)4-8/h2-5,7H,6H2,1H3,(H,24,26,29). The number of carbonyl (C=O) groups is 1. The highest BCUT2D eigenvalue weighted by Gasteiger charge is 2.37. The van der Waals surface area contributed by atoms with E-state index in [0.29, 0.717) is 16.6 Å². The maximum absolute atomic E-state index is 13.1. The van der Waals surface area contributed by atoms with Gasteiger partial charge in [-0.1, -0.05) is 29.3 Å². The molecule has 0 saturated carbocycles. The third kappa shape index (κ3) is 4.00. The van der Waals surface area contributed by atoms with Gasteiger partial charge in [0.1, 0.15) is 11.2 Å². The van der Waals surface area contributed by atoms with E-state index in [1.54, 1.807) is 18.2 Å².